The Morgan fingerprint density at radius 1 is 1.26 bits per heavy atom. The van der Waals surface area contributed by atoms with E-state index in [1.165, 1.54) is 23.5 Å². The highest BCUT2D eigenvalue weighted by Crippen LogP contribution is 2.43. The van der Waals surface area contributed by atoms with Crippen LogP contribution < -0.4 is 9.47 Å². The summed E-state index contributed by atoms with van der Waals surface area (Å²) in [5.74, 6) is 2.53. The topological polar surface area (TPSA) is 59.3 Å². The van der Waals surface area contributed by atoms with Crippen LogP contribution in [0.2, 0.25) is 0 Å². The van der Waals surface area contributed by atoms with E-state index in [-0.39, 0.29) is 5.75 Å². The Morgan fingerprint density at radius 2 is 1.96 bits per heavy atom. The van der Waals surface area contributed by atoms with Crippen molar-refractivity contribution in [3.8, 4) is 17.6 Å². The minimum absolute atomic E-state index is 0.281. The lowest BCUT2D eigenvalue weighted by molar-refractivity contribution is 0.0727. The third-order valence-corrected chi connectivity index (χ3v) is 7.48. The van der Waals surface area contributed by atoms with Crippen molar-refractivity contribution in [2.24, 2.45) is 0 Å². The zero-order chi connectivity index (χ0) is 19.2. The summed E-state index contributed by atoms with van der Waals surface area (Å²) < 4.78 is 12.0. The maximum absolute atomic E-state index is 12.6. The van der Waals surface area contributed by atoms with Crippen molar-refractivity contribution in [1.82, 2.24) is 0 Å². The minimum atomic E-state index is -0.461. The molecule has 4 nitrogen and oxygen atoms in total. The SMILES string of the molecule is CCOc1cc(C#N)cc(Br)c1OC(=O)c1ccc(C2SCCCS2)cc1. The molecule has 140 valence electrons. The lowest BCUT2D eigenvalue weighted by Gasteiger charge is -2.21. The van der Waals surface area contributed by atoms with E-state index in [0.29, 0.717) is 32.5 Å². The molecule has 7 heteroatoms. The van der Waals surface area contributed by atoms with Crippen molar-refractivity contribution in [2.75, 3.05) is 18.1 Å². The molecule has 0 spiro atoms. The first kappa shape index (κ1) is 20.1. The molecule has 27 heavy (non-hydrogen) atoms. The van der Waals surface area contributed by atoms with Crippen LogP contribution in [0, 0.1) is 11.3 Å². The number of benzene rings is 2. The zero-order valence-electron chi connectivity index (χ0n) is 14.7. The number of carbonyl (C=O) groups is 1. The van der Waals surface area contributed by atoms with E-state index in [4.69, 9.17) is 14.7 Å². The number of ether oxygens (including phenoxy) is 2. The van der Waals surface area contributed by atoms with Crippen LogP contribution in [0.5, 0.6) is 11.5 Å². The predicted molar refractivity (Wildman–Crippen MR) is 114 cm³/mol. The van der Waals surface area contributed by atoms with Crippen molar-refractivity contribution < 1.29 is 14.3 Å². The van der Waals surface area contributed by atoms with E-state index < -0.39 is 5.97 Å². The summed E-state index contributed by atoms with van der Waals surface area (Å²) in [4.78, 5) is 12.6. The normalized spacial score (nSPS) is 14.4. The lowest BCUT2D eigenvalue weighted by atomic mass is 10.1. The maximum atomic E-state index is 12.6. The highest BCUT2D eigenvalue weighted by molar-refractivity contribution is 9.10. The molecule has 0 unspecified atom stereocenters. The van der Waals surface area contributed by atoms with Crippen molar-refractivity contribution in [3.63, 3.8) is 0 Å². The van der Waals surface area contributed by atoms with Gasteiger partial charge in [0.15, 0.2) is 11.5 Å². The van der Waals surface area contributed by atoms with E-state index in [1.807, 2.05) is 42.6 Å². The maximum Gasteiger partial charge on any atom is 0.343 e. The highest BCUT2D eigenvalue weighted by Gasteiger charge is 2.19. The Morgan fingerprint density at radius 3 is 2.59 bits per heavy atom. The van der Waals surface area contributed by atoms with Crippen LogP contribution >= 0.6 is 39.5 Å². The minimum Gasteiger partial charge on any atom is -0.490 e. The van der Waals surface area contributed by atoms with Crippen LogP contribution in [-0.4, -0.2) is 24.1 Å². The fraction of sp³-hybridized carbons (Fsp3) is 0.300. The third kappa shape index (κ3) is 5.01. The molecule has 0 N–H and O–H groups in total. The molecule has 2 aromatic carbocycles. The molecule has 3 rings (SSSR count). The molecule has 1 heterocycles. The second kappa shape index (κ2) is 9.54. The van der Waals surface area contributed by atoms with E-state index in [0.717, 1.165) is 0 Å². The summed E-state index contributed by atoms with van der Waals surface area (Å²) in [6.45, 7) is 2.23. The van der Waals surface area contributed by atoms with Gasteiger partial charge in [0.25, 0.3) is 0 Å². The average molecular weight is 464 g/mol. The van der Waals surface area contributed by atoms with Gasteiger partial charge in [0.05, 0.1) is 32.9 Å². The zero-order valence-corrected chi connectivity index (χ0v) is 18.0. The third-order valence-electron chi connectivity index (χ3n) is 3.88. The number of carbonyl (C=O) groups excluding carboxylic acids is 1. The summed E-state index contributed by atoms with van der Waals surface area (Å²) in [6.07, 6.45) is 1.25. The summed E-state index contributed by atoms with van der Waals surface area (Å²) in [5, 5.41) is 9.10. The van der Waals surface area contributed by atoms with Gasteiger partial charge in [0, 0.05) is 6.07 Å². The van der Waals surface area contributed by atoms with Gasteiger partial charge in [0.1, 0.15) is 0 Å². The lowest BCUT2D eigenvalue weighted by Crippen LogP contribution is -2.10. The number of nitriles is 1. The summed E-state index contributed by atoms with van der Waals surface area (Å²) in [7, 11) is 0. The smallest absolute Gasteiger partial charge is 0.343 e. The first-order chi connectivity index (χ1) is 13.1. The molecule has 0 aromatic heterocycles. The van der Waals surface area contributed by atoms with E-state index in [9.17, 15) is 4.79 Å². The van der Waals surface area contributed by atoms with Gasteiger partial charge in [-0.05, 0) is 64.5 Å². The predicted octanol–water partition coefficient (Wildman–Crippen LogP) is 5.81. The van der Waals surface area contributed by atoms with Crippen molar-refractivity contribution in [3.05, 3.63) is 57.6 Å². The van der Waals surface area contributed by atoms with Crippen LogP contribution in [-0.2, 0) is 0 Å². The number of thioether (sulfide) groups is 2. The highest BCUT2D eigenvalue weighted by atomic mass is 79.9. The van der Waals surface area contributed by atoms with Crippen LogP contribution in [0.3, 0.4) is 0 Å². The number of hydrogen-bond donors (Lipinski definition) is 0. The number of esters is 1. The Hall–Kier alpha value is -1.62. The number of nitrogens with zero attached hydrogens (tertiary/aromatic N) is 1. The first-order valence-corrected chi connectivity index (χ1v) is 11.4. The first-order valence-electron chi connectivity index (χ1n) is 8.54. The largest absolute Gasteiger partial charge is 0.490 e. The molecule has 0 amide bonds. The molecular formula is C20H18BrNO3S2. The molecule has 1 aliphatic rings. The van der Waals surface area contributed by atoms with Gasteiger partial charge in [-0.3, -0.25) is 0 Å². The van der Waals surface area contributed by atoms with Gasteiger partial charge >= 0.3 is 5.97 Å². The van der Waals surface area contributed by atoms with E-state index in [1.54, 1.807) is 24.3 Å². The Balaban J connectivity index is 1.78. The number of halogens is 1. The Labute approximate surface area is 175 Å². The summed E-state index contributed by atoms with van der Waals surface area (Å²) in [5.41, 5.74) is 2.12. The summed E-state index contributed by atoms with van der Waals surface area (Å²) in [6, 6.07) is 12.8. The van der Waals surface area contributed by atoms with Gasteiger partial charge in [-0.2, -0.15) is 5.26 Å². The van der Waals surface area contributed by atoms with Gasteiger partial charge < -0.3 is 9.47 Å². The molecule has 1 aliphatic heterocycles. The number of rotatable bonds is 5. The molecule has 1 fully saturated rings. The van der Waals surface area contributed by atoms with Crippen LogP contribution in [0.1, 0.15) is 39.4 Å². The van der Waals surface area contributed by atoms with Gasteiger partial charge in [0.2, 0.25) is 0 Å². The fourth-order valence-electron chi connectivity index (χ4n) is 2.60. The molecule has 0 atom stereocenters. The van der Waals surface area contributed by atoms with Crippen LogP contribution in [0.25, 0.3) is 0 Å². The monoisotopic (exact) mass is 463 g/mol. The van der Waals surface area contributed by atoms with Gasteiger partial charge in [-0.25, -0.2) is 4.79 Å². The molecule has 2 aromatic rings. The Kier molecular flexibility index (Phi) is 7.11. The molecule has 0 bridgehead atoms. The van der Waals surface area contributed by atoms with E-state index >= 15 is 0 Å². The average Bonchev–Trinajstić information content (AvgIpc) is 2.71. The van der Waals surface area contributed by atoms with Crippen molar-refractivity contribution in [2.45, 2.75) is 17.9 Å². The second-order valence-corrected chi connectivity index (χ2v) is 9.35. The standard InChI is InChI=1S/C20H18BrNO3S2/c1-2-24-17-11-13(12-22)10-16(21)18(17)25-19(23)14-4-6-15(7-5-14)20-26-8-3-9-27-20/h4-7,10-11,20H,2-3,8-9H2,1H3. The van der Waals surface area contributed by atoms with Crippen molar-refractivity contribution >= 4 is 45.4 Å². The fourth-order valence-corrected chi connectivity index (χ4v) is 6.02. The quantitative estimate of drug-likeness (QED) is 0.411. The molecule has 0 radical (unpaired) electrons. The van der Waals surface area contributed by atoms with Crippen molar-refractivity contribution in [1.29, 1.82) is 5.26 Å². The Bertz CT molecular complexity index is 859. The second-order valence-electron chi connectivity index (χ2n) is 5.77. The molecule has 1 saturated heterocycles. The van der Waals surface area contributed by atoms with Crippen LogP contribution in [0.4, 0.5) is 0 Å². The summed E-state index contributed by atoms with van der Waals surface area (Å²) >= 11 is 7.25. The van der Waals surface area contributed by atoms with Crippen LogP contribution in [0.15, 0.2) is 40.9 Å². The molecule has 0 saturated carbocycles. The van der Waals surface area contributed by atoms with Gasteiger partial charge in [-0.1, -0.05) is 12.1 Å². The van der Waals surface area contributed by atoms with E-state index in [2.05, 4.69) is 22.0 Å². The molecule has 0 aliphatic carbocycles. The van der Waals surface area contributed by atoms with Gasteiger partial charge in [-0.15, -0.1) is 23.5 Å². The number of hydrogen-bond acceptors (Lipinski definition) is 6. The molecular weight excluding hydrogens is 446 g/mol.